The first-order valence-electron chi connectivity index (χ1n) is 7.69. The summed E-state index contributed by atoms with van der Waals surface area (Å²) in [4.78, 5) is 12.5. The number of anilines is 1. The first-order valence-corrected chi connectivity index (χ1v) is 7.69. The average Bonchev–Trinajstić information content (AvgIpc) is 2.47. The molecule has 3 rings (SSSR count). The maximum atomic E-state index is 12.5. The summed E-state index contributed by atoms with van der Waals surface area (Å²) in [6.07, 6.45) is 3.00. The third-order valence-corrected chi connectivity index (χ3v) is 4.40. The van der Waals surface area contributed by atoms with E-state index in [-0.39, 0.29) is 24.1 Å². The number of hydrogen-bond acceptors (Lipinski definition) is 4. The van der Waals surface area contributed by atoms with Crippen LogP contribution < -0.4 is 16.4 Å². The maximum absolute atomic E-state index is 12.5. The van der Waals surface area contributed by atoms with Gasteiger partial charge in [-0.05, 0) is 49.4 Å². The second-order valence-corrected chi connectivity index (χ2v) is 5.92. The van der Waals surface area contributed by atoms with E-state index >= 15 is 0 Å². The number of carbonyl (C=O) groups excluding carboxylic acids is 1. The van der Waals surface area contributed by atoms with Crippen LogP contribution in [0.2, 0.25) is 0 Å². The zero-order chi connectivity index (χ0) is 14.8. The smallest absolute Gasteiger partial charge is 0.240 e. The number of hydrogen-bond donors (Lipinski definition) is 3. The molecule has 1 aromatic rings. The van der Waals surface area contributed by atoms with Crippen molar-refractivity contribution >= 4 is 11.6 Å². The van der Waals surface area contributed by atoms with Crippen LogP contribution >= 0.6 is 0 Å². The lowest BCUT2D eigenvalue weighted by atomic mass is 9.87. The molecule has 3 atom stereocenters. The third-order valence-electron chi connectivity index (χ3n) is 4.40. The Morgan fingerprint density at radius 3 is 3.14 bits per heavy atom. The zero-order valence-electron chi connectivity index (χ0n) is 12.4. The van der Waals surface area contributed by atoms with E-state index in [9.17, 15) is 4.79 Å². The van der Waals surface area contributed by atoms with E-state index in [1.54, 1.807) is 0 Å². The predicted octanol–water partition coefficient (Wildman–Crippen LogP) is 1.14. The molecule has 1 aliphatic carbocycles. The fraction of sp³-hybridized carbons (Fsp3) is 0.562. The quantitative estimate of drug-likeness (QED) is 0.714. The number of ether oxygens (including phenoxy) is 1. The highest BCUT2D eigenvalue weighted by atomic mass is 16.5. The Morgan fingerprint density at radius 1 is 1.48 bits per heavy atom. The van der Waals surface area contributed by atoms with Gasteiger partial charge in [0.25, 0.3) is 0 Å². The fourth-order valence-electron chi connectivity index (χ4n) is 3.27. The lowest BCUT2D eigenvalue weighted by molar-refractivity contribution is -0.129. The largest absolute Gasteiger partial charge is 0.399 e. The lowest BCUT2D eigenvalue weighted by Crippen LogP contribution is -2.56. The second-order valence-electron chi connectivity index (χ2n) is 5.92. The molecule has 1 saturated heterocycles. The van der Waals surface area contributed by atoms with Crippen molar-refractivity contribution in [3.63, 3.8) is 0 Å². The Kier molecular flexibility index (Phi) is 4.12. The summed E-state index contributed by atoms with van der Waals surface area (Å²) in [5.41, 5.74) is 9.10. The number of morpholine rings is 1. The molecule has 5 heteroatoms. The maximum Gasteiger partial charge on any atom is 0.240 e. The molecule has 1 aliphatic heterocycles. The molecule has 5 nitrogen and oxygen atoms in total. The molecule has 114 valence electrons. The molecular formula is C16H23N3O2. The van der Waals surface area contributed by atoms with Gasteiger partial charge in [-0.1, -0.05) is 6.07 Å². The van der Waals surface area contributed by atoms with E-state index in [2.05, 4.69) is 10.6 Å². The van der Waals surface area contributed by atoms with Crippen molar-refractivity contribution in [2.24, 2.45) is 0 Å². The highest BCUT2D eigenvalue weighted by Crippen LogP contribution is 2.31. The van der Waals surface area contributed by atoms with Gasteiger partial charge in [-0.2, -0.15) is 0 Å². The van der Waals surface area contributed by atoms with Gasteiger partial charge in [0, 0.05) is 12.2 Å². The van der Waals surface area contributed by atoms with Crippen molar-refractivity contribution in [3.05, 3.63) is 29.3 Å². The average molecular weight is 289 g/mol. The first kappa shape index (κ1) is 14.4. The van der Waals surface area contributed by atoms with Crippen molar-refractivity contribution < 1.29 is 9.53 Å². The number of rotatable bonds is 2. The van der Waals surface area contributed by atoms with Gasteiger partial charge in [-0.25, -0.2) is 0 Å². The van der Waals surface area contributed by atoms with Crippen molar-refractivity contribution in [2.45, 2.75) is 44.4 Å². The molecule has 21 heavy (non-hydrogen) atoms. The van der Waals surface area contributed by atoms with Gasteiger partial charge < -0.3 is 21.1 Å². The Labute approximate surface area is 125 Å². The number of fused-ring (bicyclic) bond motifs is 1. The number of nitrogens with two attached hydrogens (primary N) is 1. The SMILES string of the molecule is C[C@H]1OCCN[C@@H]1C(=O)NC1CCCc2cc(N)ccc21. The van der Waals surface area contributed by atoms with E-state index in [4.69, 9.17) is 10.5 Å². The molecule has 0 bridgehead atoms. The van der Waals surface area contributed by atoms with Crippen molar-refractivity contribution in [1.82, 2.24) is 10.6 Å². The van der Waals surface area contributed by atoms with Gasteiger partial charge in [0.1, 0.15) is 6.04 Å². The van der Waals surface area contributed by atoms with Crippen LogP contribution in [-0.4, -0.2) is 31.2 Å². The number of nitrogens with one attached hydrogen (secondary N) is 2. The van der Waals surface area contributed by atoms with E-state index in [0.717, 1.165) is 31.5 Å². The summed E-state index contributed by atoms with van der Waals surface area (Å²) < 4.78 is 5.55. The molecule has 4 N–H and O–H groups in total. The fourth-order valence-corrected chi connectivity index (χ4v) is 3.27. The molecule has 0 spiro atoms. The van der Waals surface area contributed by atoms with Gasteiger partial charge in [-0.15, -0.1) is 0 Å². The van der Waals surface area contributed by atoms with Crippen LogP contribution in [0.5, 0.6) is 0 Å². The predicted molar refractivity (Wildman–Crippen MR) is 81.9 cm³/mol. The summed E-state index contributed by atoms with van der Waals surface area (Å²) in [5.74, 6) is 0.0249. The normalized spacial score (nSPS) is 28.7. The van der Waals surface area contributed by atoms with Crippen LogP contribution in [0.25, 0.3) is 0 Å². The first-order chi connectivity index (χ1) is 10.1. The van der Waals surface area contributed by atoms with Crippen LogP contribution in [0.4, 0.5) is 5.69 Å². The minimum absolute atomic E-state index is 0.0249. The lowest BCUT2D eigenvalue weighted by Gasteiger charge is -2.32. The monoisotopic (exact) mass is 289 g/mol. The highest BCUT2D eigenvalue weighted by molar-refractivity contribution is 5.83. The number of carbonyl (C=O) groups is 1. The minimum atomic E-state index is -0.266. The van der Waals surface area contributed by atoms with Gasteiger partial charge >= 0.3 is 0 Å². The van der Waals surface area contributed by atoms with Gasteiger partial charge in [0.15, 0.2) is 0 Å². The highest BCUT2D eigenvalue weighted by Gasteiger charge is 2.31. The van der Waals surface area contributed by atoms with E-state index in [1.807, 2.05) is 25.1 Å². The summed E-state index contributed by atoms with van der Waals surface area (Å²) in [5, 5.41) is 6.41. The van der Waals surface area contributed by atoms with Crippen LogP contribution in [0.15, 0.2) is 18.2 Å². The van der Waals surface area contributed by atoms with E-state index < -0.39 is 0 Å². The molecule has 1 heterocycles. The van der Waals surface area contributed by atoms with Gasteiger partial charge in [0.2, 0.25) is 5.91 Å². The van der Waals surface area contributed by atoms with E-state index in [0.29, 0.717) is 6.61 Å². The molecule has 1 fully saturated rings. The second kappa shape index (κ2) is 6.03. The molecule has 2 aliphatic rings. The molecule has 1 amide bonds. The zero-order valence-corrected chi connectivity index (χ0v) is 12.4. The molecule has 1 aromatic carbocycles. The Morgan fingerprint density at radius 2 is 2.33 bits per heavy atom. The van der Waals surface area contributed by atoms with E-state index in [1.165, 1.54) is 11.1 Å². The molecule has 0 saturated carbocycles. The van der Waals surface area contributed by atoms with Crippen LogP contribution in [0.1, 0.15) is 36.9 Å². The summed E-state index contributed by atoms with van der Waals surface area (Å²) in [6.45, 7) is 3.32. The molecule has 0 radical (unpaired) electrons. The minimum Gasteiger partial charge on any atom is -0.399 e. The number of aryl methyl sites for hydroxylation is 1. The number of amides is 1. The number of nitrogen functional groups attached to an aromatic ring is 1. The number of benzene rings is 1. The van der Waals surface area contributed by atoms with Crippen molar-refractivity contribution in [2.75, 3.05) is 18.9 Å². The Hall–Kier alpha value is -1.59. The Bertz CT molecular complexity index is 532. The van der Waals surface area contributed by atoms with Crippen LogP contribution in [-0.2, 0) is 16.0 Å². The topological polar surface area (TPSA) is 76.4 Å². The van der Waals surface area contributed by atoms with Crippen molar-refractivity contribution in [3.8, 4) is 0 Å². The third kappa shape index (κ3) is 3.04. The van der Waals surface area contributed by atoms with Gasteiger partial charge in [0.05, 0.1) is 18.8 Å². The van der Waals surface area contributed by atoms with Crippen LogP contribution in [0, 0.1) is 0 Å². The standard InChI is InChI=1S/C16H23N3O2/c1-10-15(18-7-8-21-10)16(20)19-14-4-2-3-11-9-12(17)5-6-13(11)14/h5-6,9-10,14-15,18H,2-4,7-8,17H2,1H3,(H,19,20)/t10-,14?,15+/m1/s1. The Balaban J connectivity index is 1.72. The molecular weight excluding hydrogens is 266 g/mol. The van der Waals surface area contributed by atoms with Crippen LogP contribution in [0.3, 0.4) is 0 Å². The van der Waals surface area contributed by atoms with Gasteiger partial charge in [-0.3, -0.25) is 4.79 Å². The summed E-state index contributed by atoms with van der Waals surface area (Å²) in [7, 11) is 0. The molecule has 1 unspecified atom stereocenters. The van der Waals surface area contributed by atoms with Crippen molar-refractivity contribution in [1.29, 1.82) is 0 Å². The summed E-state index contributed by atoms with van der Waals surface area (Å²) in [6, 6.07) is 5.80. The summed E-state index contributed by atoms with van der Waals surface area (Å²) >= 11 is 0. The molecule has 0 aromatic heterocycles.